The van der Waals surface area contributed by atoms with E-state index in [0.29, 0.717) is 13.2 Å². The highest BCUT2D eigenvalue weighted by Crippen LogP contribution is 2.35. The lowest BCUT2D eigenvalue weighted by atomic mass is 9.92. The summed E-state index contributed by atoms with van der Waals surface area (Å²) in [5.41, 5.74) is 3.45. The number of amides is 3. The van der Waals surface area contributed by atoms with E-state index in [1.54, 1.807) is 4.90 Å². The first-order valence-corrected chi connectivity index (χ1v) is 15.6. The van der Waals surface area contributed by atoms with E-state index in [9.17, 15) is 18.4 Å². The summed E-state index contributed by atoms with van der Waals surface area (Å²) in [6.07, 6.45) is 4.59. The van der Waals surface area contributed by atoms with Crippen LogP contribution in [0.5, 0.6) is 11.8 Å². The predicted molar refractivity (Wildman–Crippen MR) is 169 cm³/mol. The molecule has 1 aliphatic heterocycles. The van der Waals surface area contributed by atoms with Crippen molar-refractivity contribution in [2.75, 3.05) is 30.5 Å². The van der Waals surface area contributed by atoms with E-state index in [1.165, 1.54) is 24.7 Å². The van der Waals surface area contributed by atoms with Gasteiger partial charge < -0.3 is 24.3 Å². The van der Waals surface area contributed by atoms with Crippen molar-refractivity contribution < 1.29 is 42.5 Å². The molecule has 3 amide bonds. The monoisotopic (exact) mass is 640 g/mol. The molecule has 2 heterocycles. The number of rotatable bonds is 9. The summed E-state index contributed by atoms with van der Waals surface area (Å²) in [6.45, 7) is 10.1. The molecule has 45 heavy (non-hydrogen) atoms. The largest absolute Gasteiger partial charge is 0.481 e. The van der Waals surface area contributed by atoms with Crippen molar-refractivity contribution in [2.45, 2.75) is 105 Å². The number of aromatic nitrogens is 1. The number of nitrogens with zero attached hydrogens (tertiary/aromatic N) is 2. The topological polar surface area (TPSA) is 131 Å². The molecule has 1 saturated carbocycles. The third kappa shape index (κ3) is 13.1. The van der Waals surface area contributed by atoms with Crippen LogP contribution in [-0.4, -0.2) is 61.4 Å². The number of benzene rings is 1. The molecule has 2 aromatic rings. The number of ether oxygens (including phenoxy) is 4. The number of hydroxylamine groups is 1. The Hall–Kier alpha value is -3.55. The van der Waals surface area contributed by atoms with Crippen LogP contribution in [0.2, 0.25) is 0 Å². The Kier molecular flexibility index (Phi) is 19.3. The first-order chi connectivity index (χ1) is 21.7. The molecule has 11 nitrogen and oxygen atoms in total. The number of hydrogen-bond donors (Lipinski definition) is 3. The maximum absolute atomic E-state index is 13.5. The Labute approximate surface area is 265 Å². The molecule has 1 aromatic heterocycles. The minimum Gasteiger partial charge on any atom is -0.481 e. The van der Waals surface area contributed by atoms with Gasteiger partial charge in [-0.3, -0.25) is 14.9 Å². The SMILES string of the molecule is CC.CC.COc1ccc(NC(=O)N(c2ccccc2C(C)C)C2CCCCC2)c(OC(F)F)n1.O=C(CC1OCCO1)NO. The van der Waals surface area contributed by atoms with Gasteiger partial charge in [0.2, 0.25) is 17.7 Å². The Morgan fingerprint density at radius 2 is 1.64 bits per heavy atom. The number of urea groups is 1. The summed E-state index contributed by atoms with van der Waals surface area (Å²) in [4.78, 5) is 29.6. The fourth-order valence-electron chi connectivity index (χ4n) is 4.71. The van der Waals surface area contributed by atoms with Crippen molar-refractivity contribution in [2.24, 2.45) is 0 Å². The van der Waals surface area contributed by atoms with Crippen molar-refractivity contribution >= 4 is 23.3 Å². The molecule has 0 spiro atoms. The summed E-state index contributed by atoms with van der Waals surface area (Å²) in [5.74, 6) is -0.547. The van der Waals surface area contributed by atoms with Crippen molar-refractivity contribution in [3.8, 4) is 11.8 Å². The van der Waals surface area contributed by atoms with Gasteiger partial charge in [-0.25, -0.2) is 10.3 Å². The molecular weight excluding hydrogens is 590 g/mol. The van der Waals surface area contributed by atoms with Gasteiger partial charge in [-0.15, -0.1) is 0 Å². The number of carbonyl (C=O) groups excluding carboxylic acids is 2. The number of para-hydroxylation sites is 1. The van der Waals surface area contributed by atoms with Crippen molar-refractivity contribution in [3.63, 3.8) is 0 Å². The summed E-state index contributed by atoms with van der Waals surface area (Å²) >= 11 is 0. The lowest BCUT2D eigenvalue weighted by molar-refractivity contribution is -0.137. The van der Waals surface area contributed by atoms with E-state index in [4.69, 9.17) is 19.4 Å². The fourth-order valence-corrected chi connectivity index (χ4v) is 4.71. The van der Waals surface area contributed by atoms with Crippen LogP contribution in [-0.2, 0) is 14.3 Å². The Morgan fingerprint density at radius 3 is 2.20 bits per heavy atom. The van der Waals surface area contributed by atoms with E-state index >= 15 is 0 Å². The Bertz CT molecular complexity index is 1130. The quantitative estimate of drug-likeness (QED) is 0.190. The van der Waals surface area contributed by atoms with Gasteiger partial charge in [0, 0.05) is 17.8 Å². The van der Waals surface area contributed by atoms with Crippen LogP contribution in [0, 0.1) is 0 Å². The standard InChI is InChI=1S/C23H29F2N3O3.C5H9NO4.2C2H6/c1-15(2)17-11-7-8-12-19(17)28(16-9-5-4-6-10-16)23(29)26-18-13-14-20(30-3)27-21(18)31-22(24)25;7-4(6-8)3-5-9-1-2-10-5;2*1-2/h7-8,11-16,22H,4-6,9-10H2,1-3H3,(H,26,29);5,8H,1-3H2,(H,6,7);2*1-2H3. The second-order valence-electron chi connectivity index (χ2n) is 9.80. The number of hydrogen-bond acceptors (Lipinski definition) is 8. The van der Waals surface area contributed by atoms with Crippen LogP contribution < -0.4 is 25.2 Å². The molecule has 1 saturated heterocycles. The summed E-state index contributed by atoms with van der Waals surface area (Å²) in [5, 5.41) is 10.8. The van der Waals surface area contributed by atoms with Gasteiger partial charge in [-0.05, 0) is 36.5 Å². The van der Waals surface area contributed by atoms with Gasteiger partial charge in [-0.2, -0.15) is 13.8 Å². The number of halogens is 2. The first-order valence-electron chi connectivity index (χ1n) is 15.6. The van der Waals surface area contributed by atoms with E-state index < -0.39 is 24.8 Å². The highest BCUT2D eigenvalue weighted by Gasteiger charge is 2.30. The second kappa shape index (κ2) is 22.0. The lowest BCUT2D eigenvalue weighted by Crippen LogP contribution is -2.44. The van der Waals surface area contributed by atoms with Crippen molar-refractivity contribution in [1.29, 1.82) is 0 Å². The molecule has 2 aliphatic rings. The average molecular weight is 641 g/mol. The summed E-state index contributed by atoms with van der Waals surface area (Å²) in [6, 6.07) is 10.4. The minimum atomic E-state index is -3.08. The van der Waals surface area contributed by atoms with E-state index in [0.717, 1.165) is 43.4 Å². The molecule has 1 aromatic carbocycles. The molecule has 0 atom stereocenters. The zero-order valence-corrected chi connectivity index (χ0v) is 27.5. The Balaban J connectivity index is 0.000000605. The molecule has 2 fully saturated rings. The third-order valence-corrected chi connectivity index (χ3v) is 6.63. The van der Waals surface area contributed by atoms with Crippen LogP contribution in [0.3, 0.4) is 0 Å². The molecule has 3 N–H and O–H groups in total. The number of pyridine rings is 1. The van der Waals surface area contributed by atoms with E-state index in [1.807, 2.05) is 52.0 Å². The fraction of sp³-hybridized carbons (Fsp3) is 0.594. The number of nitrogens with one attached hydrogen (secondary N) is 2. The number of alkyl halides is 2. The smallest absolute Gasteiger partial charge is 0.388 e. The van der Waals surface area contributed by atoms with E-state index in [-0.39, 0.29) is 35.8 Å². The maximum Gasteiger partial charge on any atom is 0.388 e. The maximum atomic E-state index is 13.5. The summed E-state index contributed by atoms with van der Waals surface area (Å²) in [7, 11) is 1.38. The van der Waals surface area contributed by atoms with Crippen molar-refractivity contribution in [1.82, 2.24) is 10.5 Å². The zero-order chi connectivity index (χ0) is 33.8. The predicted octanol–water partition coefficient (Wildman–Crippen LogP) is 7.49. The van der Waals surface area contributed by atoms with Crippen molar-refractivity contribution in [3.05, 3.63) is 42.0 Å². The van der Waals surface area contributed by atoms with Gasteiger partial charge in [0.05, 0.1) is 26.7 Å². The van der Waals surface area contributed by atoms with Gasteiger partial charge in [0.25, 0.3) is 0 Å². The normalized spacial score (nSPS) is 14.6. The Morgan fingerprint density at radius 1 is 1.02 bits per heavy atom. The third-order valence-electron chi connectivity index (χ3n) is 6.63. The molecule has 0 radical (unpaired) electrons. The lowest BCUT2D eigenvalue weighted by Gasteiger charge is -2.36. The van der Waals surface area contributed by atoms with Crippen LogP contribution in [0.4, 0.5) is 25.0 Å². The highest BCUT2D eigenvalue weighted by atomic mass is 19.3. The minimum absolute atomic E-state index is 0.0272. The van der Waals surface area contributed by atoms with Gasteiger partial charge >= 0.3 is 12.6 Å². The number of anilines is 2. The molecule has 1 aliphatic carbocycles. The number of carbonyl (C=O) groups is 2. The molecular formula is C32H50F2N4O7. The van der Waals surface area contributed by atoms with Gasteiger partial charge in [0.1, 0.15) is 5.69 Å². The van der Waals surface area contributed by atoms with Crippen LogP contribution in [0.25, 0.3) is 0 Å². The first kappa shape index (κ1) is 39.5. The van der Waals surface area contributed by atoms with Crippen LogP contribution in [0.1, 0.15) is 91.5 Å². The molecule has 0 unspecified atom stereocenters. The highest BCUT2D eigenvalue weighted by molar-refractivity contribution is 6.03. The molecule has 13 heteroatoms. The number of methoxy groups -OCH3 is 1. The van der Waals surface area contributed by atoms with Gasteiger partial charge in [0.15, 0.2) is 6.29 Å². The molecule has 0 bridgehead atoms. The zero-order valence-electron chi connectivity index (χ0n) is 27.5. The second-order valence-corrected chi connectivity index (χ2v) is 9.80. The molecule has 254 valence electrons. The average Bonchev–Trinajstić information content (AvgIpc) is 3.57. The van der Waals surface area contributed by atoms with Crippen LogP contribution >= 0.6 is 0 Å². The van der Waals surface area contributed by atoms with Crippen LogP contribution in [0.15, 0.2) is 36.4 Å². The summed E-state index contributed by atoms with van der Waals surface area (Å²) < 4.78 is 45.2. The molecule has 4 rings (SSSR count). The van der Waals surface area contributed by atoms with E-state index in [2.05, 4.69) is 28.9 Å². The van der Waals surface area contributed by atoms with Gasteiger partial charge in [-0.1, -0.05) is 79.0 Å².